The molecular weight excluding hydrogens is 321 g/mol. The van der Waals surface area contributed by atoms with E-state index in [0.717, 1.165) is 0 Å². The van der Waals surface area contributed by atoms with Gasteiger partial charge in [0.05, 0.1) is 12.8 Å². The number of nitrogens with zero attached hydrogens (tertiary/aromatic N) is 1. The van der Waals surface area contributed by atoms with Crippen molar-refractivity contribution in [3.63, 3.8) is 0 Å². The molecule has 0 saturated heterocycles. The van der Waals surface area contributed by atoms with E-state index in [-0.39, 0.29) is 59.6 Å². The SMILES string of the molecule is C=CCO/N=C(/CCC)C1=C([O-])CC(C)(C)C(C(=O)OC)C1=O.[Na+]. The van der Waals surface area contributed by atoms with Gasteiger partial charge in [-0.2, -0.15) is 0 Å². The first-order valence-electron chi connectivity index (χ1n) is 7.62. The zero-order valence-electron chi connectivity index (χ0n) is 15.2. The van der Waals surface area contributed by atoms with Crippen molar-refractivity contribution in [2.75, 3.05) is 13.7 Å². The van der Waals surface area contributed by atoms with Gasteiger partial charge < -0.3 is 14.7 Å². The van der Waals surface area contributed by atoms with Crippen molar-refractivity contribution in [2.45, 2.75) is 40.0 Å². The molecule has 24 heavy (non-hydrogen) atoms. The van der Waals surface area contributed by atoms with Crippen LogP contribution in [0.4, 0.5) is 0 Å². The average molecular weight is 345 g/mol. The fraction of sp³-hybridized carbons (Fsp3) is 0.588. The van der Waals surface area contributed by atoms with E-state index in [9.17, 15) is 14.7 Å². The first-order valence-corrected chi connectivity index (χ1v) is 7.62. The number of ketones is 1. The summed E-state index contributed by atoms with van der Waals surface area (Å²) in [5.41, 5.74) is -0.538. The molecule has 0 amide bonds. The standard InChI is InChI=1S/C17H25NO5.Na/c1-6-8-11(18-23-9-7-2)13-12(19)10-17(3,4)14(15(13)20)16(21)22-5;/h7,14,19H,2,6,8-10H2,1,3-5H3;/q;+1/p-1/b18-11-;. The van der Waals surface area contributed by atoms with Crippen LogP contribution in [-0.2, 0) is 19.2 Å². The van der Waals surface area contributed by atoms with E-state index in [1.807, 2.05) is 6.92 Å². The molecule has 0 heterocycles. The van der Waals surface area contributed by atoms with E-state index in [1.54, 1.807) is 13.8 Å². The number of hydrogen-bond acceptors (Lipinski definition) is 6. The zero-order valence-corrected chi connectivity index (χ0v) is 17.2. The second-order valence-electron chi connectivity index (χ2n) is 6.16. The quantitative estimate of drug-likeness (QED) is 0.109. The molecule has 7 heteroatoms. The molecule has 0 spiro atoms. The van der Waals surface area contributed by atoms with Gasteiger partial charge in [0.2, 0.25) is 0 Å². The molecule has 0 fully saturated rings. The Bertz CT molecular complexity index is 551. The zero-order chi connectivity index (χ0) is 17.6. The number of rotatable bonds is 7. The monoisotopic (exact) mass is 345 g/mol. The summed E-state index contributed by atoms with van der Waals surface area (Å²) in [5, 5.41) is 16.4. The van der Waals surface area contributed by atoms with Crippen LogP contribution in [-0.4, -0.2) is 31.2 Å². The minimum Gasteiger partial charge on any atom is -0.875 e. The van der Waals surface area contributed by atoms with E-state index in [0.29, 0.717) is 12.8 Å². The molecule has 0 radical (unpaired) electrons. The summed E-state index contributed by atoms with van der Waals surface area (Å²) >= 11 is 0. The number of hydrogen-bond donors (Lipinski definition) is 0. The maximum absolute atomic E-state index is 12.8. The summed E-state index contributed by atoms with van der Waals surface area (Å²) in [7, 11) is 1.23. The Kier molecular flexibility index (Phi) is 9.55. The summed E-state index contributed by atoms with van der Waals surface area (Å²) in [4.78, 5) is 29.9. The molecule has 128 valence electrons. The van der Waals surface area contributed by atoms with Crippen LogP contribution in [0.5, 0.6) is 0 Å². The molecule has 0 aromatic rings. The van der Waals surface area contributed by atoms with Crippen molar-refractivity contribution in [2.24, 2.45) is 16.5 Å². The average Bonchev–Trinajstić information content (AvgIpc) is 2.45. The van der Waals surface area contributed by atoms with E-state index in [4.69, 9.17) is 9.57 Å². The molecule has 0 saturated carbocycles. The maximum Gasteiger partial charge on any atom is 1.00 e. The number of ether oxygens (including phenoxy) is 1. The molecule has 0 aromatic carbocycles. The summed E-state index contributed by atoms with van der Waals surface area (Å²) in [6.07, 6.45) is 2.70. The van der Waals surface area contributed by atoms with Gasteiger partial charge in [-0.15, -0.1) is 5.76 Å². The first kappa shape index (κ1) is 22.9. The van der Waals surface area contributed by atoms with Crippen molar-refractivity contribution in [3.8, 4) is 0 Å². The second-order valence-corrected chi connectivity index (χ2v) is 6.16. The summed E-state index contributed by atoms with van der Waals surface area (Å²) in [5.74, 6) is -2.49. The Morgan fingerprint density at radius 3 is 2.62 bits per heavy atom. The van der Waals surface area contributed by atoms with Gasteiger partial charge in [-0.3, -0.25) is 9.59 Å². The molecule has 1 rings (SSSR count). The molecule has 1 unspecified atom stereocenters. The number of methoxy groups -OCH3 is 1. The van der Waals surface area contributed by atoms with E-state index in [2.05, 4.69) is 11.7 Å². The van der Waals surface area contributed by atoms with Crippen LogP contribution in [0, 0.1) is 11.3 Å². The van der Waals surface area contributed by atoms with Gasteiger partial charge in [0.1, 0.15) is 12.5 Å². The topological polar surface area (TPSA) is 88.0 Å². The van der Waals surface area contributed by atoms with Crippen LogP contribution in [0.1, 0.15) is 40.0 Å². The number of oxime groups is 1. The molecule has 6 nitrogen and oxygen atoms in total. The predicted molar refractivity (Wildman–Crippen MR) is 84.4 cm³/mol. The van der Waals surface area contributed by atoms with E-state index < -0.39 is 23.1 Å². The van der Waals surface area contributed by atoms with Gasteiger partial charge in [-0.1, -0.05) is 45.0 Å². The second kappa shape index (κ2) is 10.0. The van der Waals surface area contributed by atoms with Gasteiger partial charge >= 0.3 is 35.5 Å². The number of esters is 1. The Morgan fingerprint density at radius 2 is 2.12 bits per heavy atom. The minimum atomic E-state index is -1.01. The summed E-state index contributed by atoms with van der Waals surface area (Å²) in [6.45, 7) is 9.03. The third-order valence-electron chi connectivity index (χ3n) is 3.76. The summed E-state index contributed by atoms with van der Waals surface area (Å²) < 4.78 is 4.75. The molecule has 0 aliphatic heterocycles. The van der Waals surface area contributed by atoms with Crippen molar-refractivity contribution >= 4 is 17.5 Å². The molecule has 0 aromatic heterocycles. The molecular formula is C17H24NNaO5. The third kappa shape index (κ3) is 5.19. The van der Waals surface area contributed by atoms with Crippen LogP contribution in [0.3, 0.4) is 0 Å². The Labute approximate surface area is 165 Å². The fourth-order valence-corrected chi connectivity index (χ4v) is 2.71. The van der Waals surface area contributed by atoms with Crippen LogP contribution in [0.25, 0.3) is 0 Å². The maximum atomic E-state index is 12.8. The normalized spacial score (nSPS) is 20.2. The van der Waals surface area contributed by atoms with Crippen molar-refractivity contribution < 1.29 is 53.8 Å². The minimum absolute atomic E-state index is 0. The van der Waals surface area contributed by atoms with Gasteiger partial charge in [-0.25, -0.2) is 0 Å². The predicted octanol–water partition coefficient (Wildman–Crippen LogP) is -1.25. The molecule has 1 aliphatic carbocycles. The van der Waals surface area contributed by atoms with Crippen LogP contribution < -0.4 is 34.7 Å². The Balaban J connectivity index is 0.00000529. The molecule has 1 atom stereocenters. The number of carbonyl (C=O) groups excluding carboxylic acids is 2. The van der Waals surface area contributed by atoms with Gasteiger partial charge in [-0.05, 0) is 18.3 Å². The molecule has 1 aliphatic rings. The van der Waals surface area contributed by atoms with Crippen molar-refractivity contribution in [3.05, 3.63) is 24.0 Å². The summed E-state index contributed by atoms with van der Waals surface area (Å²) in [6, 6.07) is 0. The van der Waals surface area contributed by atoms with Crippen molar-refractivity contribution in [1.82, 2.24) is 0 Å². The third-order valence-corrected chi connectivity index (χ3v) is 3.76. The van der Waals surface area contributed by atoms with Crippen LogP contribution in [0.2, 0.25) is 0 Å². The molecule has 0 N–H and O–H groups in total. The van der Waals surface area contributed by atoms with E-state index >= 15 is 0 Å². The smallest absolute Gasteiger partial charge is 0.875 e. The largest absolute Gasteiger partial charge is 1.00 e. The number of Topliss-reactive ketones (excluding diaryl/α,β-unsaturated/α-hetero) is 1. The van der Waals surface area contributed by atoms with E-state index in [1.165, 1.54) is 13.2 Å². The fourth-order valence-electron chi connectivity index (χ4n) is 2.71. The van der Waals surface area contributed by atoms with Gasteiger partial charge in [0.15, 0.2) is 5.78 Å². The Morgan fingerprint density at radius 1 is 1.50 bits per heavy atom. The number of carbonyl (C=O) groups is 2. The molecule has 0 bridgehead atoms. The van der Waals surface area contributed by atoms with Crippen LogP contribution in [0.15, 0.2) is 29.1 Å². The van der Waals surface area contributed by atoms with Gasteiger partial charge in [0.25, 0.3) is 0 Å². The van der Waals surface area contributed by atoms with Crippen molar-refractivity contribution in [1.29, 1.82) is 0 Å². The van der Waals surface area contributed by atoms with Crippen LogP contribution >= 0.6 is 0 Å². The Hall–Kier alpha value is -1.11. The first-order chi connectivity index (χ1) is 10.8. The number of allylic oxidation sites excluding steroid dienone is 2. The van der Waals surface area contributed by atoms with Gasteiger partial charge in [0, 0.05) is 5.57 Å².